The molecule has 0 saturated heterocycles. The van der Waals surface area contributed by atoms with Gasteiger partial charge in [-0.05, 0) is 46.6 Å². The highest BCUT2D eigenvalue weighted by Gasteiger charge is 2.29. The number of nitrogens with one attached hydrogen (secondary N) is 3. The van der Waals surface area contributed by atoms with E-state index in [1.165, 1.54) is 0 Å². The largest absolute Gasteiger partial charge is 0.478 e. The van der Waals surface area contributed by atoms with E-state index in [4.69, 9.17) is 21.7 Å². The van der Waals surface area contributed by atoms with Crippen molar-refractivity contribution in [3.05, 3.63) is 28.0 Å². The average Bonchev–Trinajstić information content (AvgIpc) is 3.31. The van der Waals surface area contributed by atoms with E-state index < -0.39 is 29.5 Å². The molecule has 1 aromatic carbocycles. The number of hydrogen-bond donors (Lipinski definition) is 4. The number of rotatable bonds is 7. The number of carbonyl (C=O) groups excluding carboxylic acids is 1. The van der Waals surface area contributed by atoms with Gasteiger partial charge in [0.2, 0.25) is 0 Å². The number of hydrogen-bond acceptors (Lipinski definition) is 5. The molecule has 1 aromatic rings. The van der Waals surface area contributed by atoms with Gasteiger partial charge in [-0.2, -0.15) is 0 Å². The highest BCUT2D eigenvalue weighted by molar-refractivity contribution is 6.34. The van der Waals surface area contributed by atoms with Gasteiger partial charge in [0, 0.05) is 24.2 Å². The molecule has 154 valence electrons. The van der Waals surface area contributed by atoms with Gasteiger partial charge < -0.3 is 25.9 Å². The van der Waals surface area contributed by atoms with Crippen LogP contribution in [0.2, 0.25) is 5.02 Å². The molecule has 0 bridgehead atoms. The normalized spacial score (nSPS) is 14.9. The first-order valence-electron chi connectivity index (χ1n) is 8.98. The molecule has 0 aliphatic heterocycles. The molecule has 1 saturated carbocycles. The lowest BCUT2D eigenvalue weighted by Gasteiger charge is -2.22. The van der Waals surface area contributed by atoms with E-state index in [9.17, 15) is 14.7 Å². The number of carboxylic acids is 1. The number of aromatic carboxylic acids is 1. The maximum Gasteiger partial charge on any atom is 0.407 e. The smallest absolute Gasteiger partial charge is 0.407 e. The Labute approximate surface area is 168 Å². The number of ether oxygens (including phenoxy) is 1. The number of benzene rings is 1. The molecule has 0 heterocycles. The fourth-order valence-electron chi connectivity index (χ4n) is 2.61. The third-order valence-corrected chi connectivity index (χ3v) is 4.25. The van der Waals surface area contributed by atoms with E-state index in [0.717, 1.165) is 18.9 Å². The second-order valence-electron chi connectivity index (χ2n) is 7.92. The molecule has 1 atom stereocenters. The predicted molar refractivity (Wildman–Crippen MR) is 105 cm³/mol. The number of anilines is 1. The minimum atomic E-state index is -1.30. The van der Waals surface area contributed by atoms with Crippen LogP contribution in [0, 0.1) is 11.2 Å². The first-order valence-corrected chi connectivity index (χ1v) is 9.36. The van der Waals surface area contributed by atoms with Crippen molar-refractivity contribution in [2.24, 2.45) is 0 Å². The lowest BCUT2D eigenvalue weighted by Crippen LogP contribution is -2.38. The van der Waals surface area contributed by atoms with Crippen molar-refractivity contribution in [3.8, 4) is 0 Å². The third-order valence-electron chi connectivity index (χ3n) is 3.95. The van der Waals surface area contributed by atoms with Gasteiger partial charge in [-0.25, -0.2) is 14.0 Å². The summed E-state index contributed by atoms with van der Waals surface area (Å²) in [6.45, 7) is 6.84. The minimum Gasteiger partial charge on any atom is -0.478 e. The molecule has 1 unspecified atom stereocenters. The molecule has 1 fully saturated rings. The zero-order valence-electron chi connectivity index (χ0n) is 16.3. The Morgan fingerprint density at radius 2 is 2.04 bits per heavy atom. The van der Waals surface area contributed by atoms with E-state index in [1.54, 1.807) is 27.7 Å². The van der Waals surface area contributed by atoms with E-state index >= 15 is 4.39 Å². The van der Waals surface area contributed by atoms with Crippen molar-refractivity contribution in [2.45, 2.75) is 64.6 Å². The van der Waals surface area contributed by atoms with E-state index in [-0.39, 0.29) is 40.0 Å². The van der Waals surface area contributed by atoms with Crippen LogP contribution in [0.4, 0.5) is 14.9 Å². The van der Waals surface area contributed by atoms with Gasteiger partial charge in [0.25, 0.3) is 0 Å². The van der Waals surface area contributed by atoms with Crippen LogP contribution in [0.5, 0.6) is 0 Å². The Hall–Kier alpha value is -2.35. The summed E-state index contributed by atoms with van der Waals surface area (Å²) in [4.78, 5) is 23.3. The molecule has 4 N–H and O–H groups in total. The summed E-state index contributed by atoms with van der Waals surface area (Å²) in [5.74, 6) is -2.17. The number of halogens is 2. The van der Waals surface area contributed by atoms with Crippen LogP contribution in [0.1, 0.15) is 62.9 Å². The maximum atomic E-state index is 15.1. The monoisotopic (exact) mass is 413 g/mol. The first kappa shape index (κ1) is 21.9. The van der Waals surface area contributed by atoms with E-state index in [1.807, 2.05) is 0 Å². The predicted octanol–water partition coefficient (Wildman–Crippen LogP) is 4.42. The Balaban J connectivity index is 2.20. The highest BCUT2D eigenvalue weighted by Crippen LogP contribution is 2.34. The molecule has 1 aliphatic carbocycles. The highest BCUT2D eigenvalue weighted by atomic mass is 35.5. The Kier molecular flexibility index (Phi) is 6.54. The van der Waals surface area contributed by atoms with Gasteiger partial charge in [-0.3, -0.25) is 0 Å². The van der Waals surface area contributed by atoms with Gasteiger partial charge >= 0.3 is 12.1 Å². The zero-order valence-corrected chi connectivity index (χ0v) is 17.0. The fourth-order valence-corrected chi connectivity index (χ4v) is 2.91. The van der Waals surface area contributed by atoms with Gasteiger partial charge in [0.1, 0.15) is 5.60 Å². The molecular weight excluding hydrogens is 389 g/mol. The Bertz CT molecular complexity index is 803. The maximum absolute atomic E-state index is 15.1. The van der Waals surface area contributed by atoms with Crippen LogP contribution in [-0.4, -0.2) is 40.6 Å². The standard InChI is InChI=1S/C19H25ClFN3O4/c1-9(23-18(27)28-19(2,3)4)7-13(22)14-12(20)8-11(17(25)26)16(15(14)21)24-10-5-6-10/h8-10,22,24H,5-7H2,1-4H3,(H,23,27)(H,25,26). The zero-order chi connectivity index (χ0) is 21.2. The van der Waals surface area contributed by atoms with Crippen LogP contribution in [-0.2, 0) is 4.74 Å². The summed E-state index contributed by atoms with van der Waals surface area (Å²) in [5, 5.41) is 22.9. The number of amides is 1. The van der Waals surface area contributed by atoms with Crippen LogP contribution >= 0.6 is 11.6 Å². The van der Waals surface area contributed by atoms with Crippen LogP contribution < -0.4 is 10.6 Å². The van der Waals surface area contributed by atoms with Crippen molar-refractivity contribution < 1.29 is 23.8 Å². The lowest BCUT2D eigenvalue weighted by molar-refractivity contribution is 0.0509. The number of alkyl carbamates (subject to hydrolysis) is 1. The number of carboxylic acid groups (broad SMARTS) is 1. The topological polar surface area (TPSA) is 112 Å². The van der Waals surface area contributed by atoms with Crippen molar-refractivity contribution in [3.63, 3.8) is 0 Å². The van der Waals surface area contributed by atoms with Crippen LogP contribution in [0.3, 0.4) is 0 Å². The van der Waals surface area contributed by atoms with Crippen molar-refractivity contribution in [2.75, 3.05) is 5.32 Å². The lowest BCUT2D eigenvalue weighted by atomic mass is 9.99. The molecule has 9 heteroatoms. The molecular formula is C19H25ClFN3O4. The summed E-state index contributed by atoms with van der Waals surface area (Å²) in [6, 6.07) is 0.647. The summed E-state index contributed by atoms with van der Waals surface area (Å²) < 4.78 is 20.2. The minimum absolute atomic E-state index is 0.00876. The average molecular weight is 414 g/mol. The summed E-state index contributed by atoms with van der Waals surface area (Å²) in [7, 11) is 0. The van der Waals surface area contributed by atoms with Crippen LogP contribution in [0.25, 0.3) is 0 Å². The second-order valence-corrected chi connectivity index (χ2v) is 8.33. The SMILES string of the molecule is CC(CC(=N)c1c(Cl)cc(C(=O)O)c(NC2CC2)c1F)NC(=O)OC(C)(C)C. The first-order chi connectivity index (χ1) is 12.9. The number of carbonyl (C=O) groups is 2. The second kappa shape index (κ2) is 8.34. The van der Waals surface area contributed by atoms with Gasteiger partial charge in [-0.1, -0.05) is 11.6 Å². The fraction of sp³-hybridized carbons (Fsp3) is 0.526. The van der Waals surface area contributed by atoms with Gasteiger partial charge in [0.15, 0.2) is 5.82 Å². The Morgan fingerprint density at radius 1 is 1.43 bits per heavy atom. The van der Waals surface area contributed by atoms with E-state index in [2.05, 4.69) is 10.6 Å². The Morgan fingerprint density at radius 3 is 2.54 bits per heavy atom. The molecule has 1 amide bonds. The molecule has 28 heavy (non-hydrogen) atoms. The van der Waals surface area contributed by atoms with Crippen molar-refractivity contribution in [1.29, 1.82) is 5.41 Å². The molecule has 0 radical (unpaired) electrons. The van der Waals surface area contributed by atoms with Crippen LogP contribution in [0.15, 0.2) is 6.07 Å². The summed E-state index contributed by atoms with van der Waals surface area (Å²) >= 11 is 6.09. The quantitative estimate of drug-likeness (QED) is 0.494. The van der Waals surface area contributed by atoms with Crippen molar-refractivity contribution >= 4 is 35.1 Å². The molecule has 1 aliphatic rings. The molecule has 0 aromatic heterocycles. The van der Waals surface area contributed by atoms with Gasteiger partial charge in [-0.15, -0.1) is 0 Å². The summed E-state index contributed by atoms with van der Waals surface area (Å²) in [5.41, 5.74) is -1.42. The third kappa shape index (κ3) is 5.82. The molecule has 2 rings (SSSR count). The molecule has 7 nitrogen and oxygen atoms in total. The molecule has 0 spiro atoms. The summed E-state index contributed by atoms with van der Waals surface area (Å²) in [6.07, 6.45) is 0.998. The van der Waals surface area contributed by atoms with E-state index in [0.29, 0.717) is 0 Å². The van der Waals surface area contributed by atoms with Crippen molar-refractivity contribution in [1.82, 2.24) is 5.32 Å². The van der Waals surface area contributed by atoms with Gasteiger partial charge in [0.05, 0.1) is 21.8 Å².